The molecule has 2 N–H and O–H groups in total. The van der Waals surface area contributed by atoms with Crippen LogP contribution in [-0.2, 0) is 6.54 Å². The Balaban J connectivity index is 1.44. The van der Waals surface area contributed by atoms with Crippen molar-refractivity contribution in [2.24, 2.45) is 0 Å². The second kappa shape index (κ2) is 8.44. The molecule has 0 spiro atoms. The van der Waals surface area contributed by atoms with Crippen molar-refractivity contribution in [3.8, 4) is 5.75 Å². The summed E-state index contributed by atoms with van der Waals surface area (Å²) >= 11 is 0. The number of hydrogen-bond donors (Lipinski definition) is 2. The lowest BCUT2D eigenvalue weighted by Gasteiger charge is -2.11. The van der Waals surface area contributed by atoms with E-state index in [2.05, 4.69) is 10.3 Å². The van der Waals surface area contributed by atoms with Crippen LogP contribution in [-0.4, -0.2) is 23.3 Å². The first-order valence-corrected chi connectivity index (χ1v) is 9.35. The Morgan fingerprint density at radius 2 is 1.55 bits per heavy atom. The number of H-pyrrole nitrogens is 1. The van der Waals surface area contributed by atoms with E-state index in [4.69, 9.17) is 4.74 Å². The lowest BCUT2D eigenvalue weighted by molar-refractivity contribution is 0.0904. The average molecular weight is 384 g/mol. The highest BCUT2D eigenvalue weighted by Crippen LogP contribution is 2.21. The third kappa shape index (κ3) is 4.19. The van der Waals surface area contributed by atoms with E-state index in [1.807, 2.05) is 54.6 Å². The number of carbonyl (C=O) groups is 2. The highest BCUT2D eigenvalue weighted by atomic mass is 16.5. The van der Waals surface area contributed by atoms with Gasteiger partial charge < -0.3 is 15.0 Å². The van der Waals surface area contributed by atoms with Gasteiger partial charge in [0, 0.05) is 29.2 Å². The minimum atomic E-state index is -0.246. The predicted molar refractivity (Wildman–Crippen MR) is 112 cm³/mol. The number of carbonyl (C=O) groups excluding carboxylic acids is 2. The highest BCUT2D eigenvalue weighted by molar-refractivity contribution is 6.08. The van der Waals surface area contributed by atoms with Crippen LogP contribution in [0.2, 0.25) is 0 Å². The topological polar surface area (TPSA) is 71.2 Å². The van der Waals surface area contributed by atoms with Gasteiger partial charge in [-0.15, -0.1) is 0 Å². The maximum Gasteiger partial charge on any atom is 0.255 e. The fourth-order valence-corrected chi connectivity index (χ4v) is 3.18. The third-order valence-corrected chi connectivity index (χ3v) is 4.68. The van der Waals surface area contributed by atoms with Crippen molar-refractivity contribution in [1.29, 1.82) is 0 Å². The van der Waals surface area contributed by atoms with Crippen LogP contribution in [0.15, 0.2) is 85.1 Å². The fourth-order valence-electron chi connectivity index (χ4n) is 3.18. The van der Waals surface area contributed by atoms with Crippen LogP contribution in [0.25, 0.3) is 10.9 Å². The van der Waals surface area contributed by atoms with Crippen LogP contribution >= 0.6 is 0 Å². The van der Waals surface area contributed by atoms with E-state index in [-0.39, 0.29) is 18.3 Å². The van der Waals surface area contributed by atoms with Crippen molar-refractivity contribution < 1.29 is 14.3 Å². The largest absolute Gasteiger partial charge is 0.485 e. The summed E-state index contributed by atoms with van der Waals surface area (Å²) in [6.45, 7) is 0.271. The Morgan fingerprint density at radius 3 is 2.41 bits per heavy atom. The molecule has 4 rings (SSSR count). The van der Waals surface area contributed by atoms with E-state index in [1.165, 1.54) is 0 Å². The molecule has 1 amide bonds. The summed E-state index contributed by atoms with van der Waals surface area (Å²) in [5, 5.41) is 3.74. The molecule has 0 unspecified atom stereocenters. The molecule has 0 atom stereocenters. The van der Waals surface area contributed by atoms with Crippen LogP contribution in [0.4, 0.5) is 0 Å². The molecule has 4 aromatic rings. The minimum Gasteiger partial charge on any atom is -0.485 e. The first-order chi connectivity index (χ1) is 14.2. The number of amides is 1. The van der Waals surface area contributed by atoms with Gasteiger partial charge in [-0.1, -0.05) is 60.7 Å². The zero-order chi connectivity index (χ0) is 20.1. The summed E-state index contributed by atoms with van der Waals surface area (Å²) in [7, 11) is 0. The van der Waals surface area contributed by atoms with Crippen molar-refractivity contribution in [1.82, 2.24) is 10.3 Å². The predicted octanol–water partition coefficient (Wildman–Crippen LogP) is 4.36. The quantitative estimate of drug-likeness (QED) is 0.465. The van der Waals surface area contributed by atoms with Crippen LogP contribution < -0.4 is 10.1 Å². The lowest BCUT2D eigenvalue weighted by Crippen LogP contribution is -2.24. The maximum absolute atomic E-state index is 12.6. The molecule has 0 bridgehead atoms. The van der Waals surface area contributed by atoms with Crippen molar-refractivity contribution in [2.45, 2.75) is 6.54 Å². The zero-order valence-electron chi connectivity index (χ0n) is 15.7. The van der Waals surface area contributed by atoms with Crippen LogP contribution in [0, 0.1) is 0 Å². The zero-order valence-corrected chi connectivity index (χ0v) is 15.7. The van der Waals surface area contributed by atoms with Gasteiger partial charge in [-0.2, -0.15) is 0 Å². The van der Waals surface area contributed by atoms with Gasteiger partial charge in [0.2, 0.25) is 5.78 Å². The Hall–Kier alpha value is -3.86. The Labute approximate surface area is 168 Å². The lowest BCUT2D eigenvalue weighted by atomic mass is 10.1. The molecule has 0 aliphatic rings. The first-order valence-electron chi connectivity index (χ1n) is 9.35. The molecule has 144 valence electrons. The number of benzene rings is 3. The number of aromatic amines is 1. The summed E-state index contributed by atoms with van der Waals surface area (Å²) in [6, 6.07) is 24.2. The smallest absolute Gasteiger partial charge is 0.255 e. The second-order valence-corrected chi connectivity index (χ2v) is 6.62. The molecular weight excluding hydrogens is 364 g/mol. The van der Waals surface area contributed by atoms with Crippen LogP contribution in [0.1, 0.15) is 26.3 Å². The van der Waals surface area contributed by atoms with Gasteiger partial charge in [-0.3, -0.25) is 9.59 Å². The third-order valence-electron chi connectivity index (χ3n) is 4.68. The van der Waals surface area contributed by atoms with Gasteiger partial charge in [0.1, 0.15) is 5.75 Å². The molecule has 0 aliphatic carbocycles. The number of Topliss-reactive ketones (excluding diaryl/α,β-unsaturated/α-hetero) is 1. The Kier molecular flexibility index (Phi) is 5.38. The number of hydrogen-bond acceptors (Lipinski definition) is 3. The summed E-state index contributed by atoms with van der Waals surface area (Å²) < 4.78 is 5.72. The Morgan fingerprint density at radius 1 is 0.828 bits per heavy atom. The number of ketones is 1. The van der Waals surface area contributed by atoms with Crippen molar-refractivity contribution in [3.05, 3.63) is 102 Å². The number of fused-ring (bicyclic) bond motifs is 1. The molecule has 1 heterocycles. The standard InChI is InChI=1S/C24H20N2O3/c27-22(20-15-25-21-12-6-4-10-18(20)21)16-29-23-13-7-5-11-19(23)24(28)26-14-17-8-2-1-3-9-17/h1-13,15,25H,14,16H2,(H,26,28). The molecule has 5 heteroatoms. The van der Waals surface area contributed by atoms with Crippen molar-refractivity contribution in [2.75, 3.05) is 6.61 Å². The van der Waals surface area contributed by atoms with Gasteiger partial charge in [0.25, 0.3) is 5.91 Å². The number of ether oxygens (including phenoxy) is 1. The monoisotopic (exact) mass is 384 g/mol. The maximum atomic E-state index is 12.6. The molecule has 0 aliphatic heterocycles. The number of para-hydroxylation sites is 2. The first kappa shape index (κ1) is 18.5. The van der Waals surface area contributed by atoms with Crippen LogP contribution in [0.5, 0.6) is 5.75 Å². The fraction of sp³-hybridized carbons (Fsp3) is 0.0833. The summed E-state index contributed by atoms with van der Waals surface area (Å²) in [4.78, 5) is 28.3. The van der Waals surface area contributed by atoms with Gasteiger partial charge in [0.05, 0.1) is 5.56 Å². The van der Waals surface area contributed by atoms with Crippen molar-refractivity contribution in [3.63, 3.8) is 0 Å². The summed E-state index contributed by atoms with van der Waals surface area (Å²) in [5.41, 5.74) is 2.88. The van der Waals surface area contributed by atoms with Crippen molar-refractivity contribution >= 4 is 22.6 Å². The summed E-state index contributed by atoms with van der Waals surface area (Å²) in [6.07, 6.45) is 1.69. The van der Waals surface area contributed by atoms with E-state index in [9.17, 15) is 9.59 Å². The van der Waals surface area contributed by atoms with E-state index >= 15 is 0 Å². The molecule has 0 fully saturated rings. The van der Waals surface area contributed by atoms with Gasteiger partial charge in [-0.25, -0.2) is 0 Å². The molecule has 0 radical (unpaired) electrons. The van der Waals surface area contributed by atoms with Gasteiger partial charge >= 0.3 is 0 Å². The molecule has 0 saturated carbocycles. The van der Waals surface area contributed by atoms with E-state index in [0.29, 0.717) is 23.4 Å². The number of rotatable bonds is 7. The average Bonchev–Trinajstić information content (AvgIpc) is 3.21. The van der Waals surface area contributed by atoms with E-state index < -0.39 is 0 Å². The summed E-state index contributed by atoms with van der Waals surface area (Å²) in [5.74, 6) is -0.0165. The molecule has 3 aromatic carbocycles. The Bertz CT molecular complexity index is 1150. The van der Waals surface area contributed by atoms with Gasteiger partial charge in [-0.05, 0) is 23.8 Å². The van der Waals surface area contributed by atoms with E-state index in [0.717, 1.165) is 16.5 Å². The normalized spacial score (nSPS) is 10.6. The van der Waals surface area contributed by atoms with E-state index in [1.54, 1.807) is 30.5 Å². The van der Waals surface area contributed by atoms with Gasteiger partial charge in [0.15, 0.2) is 6.61 Å². The number of aromatic nitrogens is 1. The minimum absolute atomic E-state index is 0.148. The molecule has 1 aromatic heterocycles. The SMILES string of the molecule is O=C(NCc1ccccc1)c1ccccc1OCC(=O)c1c[nH]c2ccccc12. The van der Waals surface area contributed by atoms with Crippen LogP contribution in [0.3, 0.4) is 0 Å². The number of nitrogens with one attached hydrogen (secondary N) is 2. The molecule has 29 heavy (non-hydrogen) atoms. The molecular formula is C24H20N2O3. The molecule has 0 saturated heterocycles. The molecule has 5 nitrogen and oxygen atoms in total. The highest BCUT2D eigenvalue weighted by Gasteiger charge is 2.16. The second-order valence-electron chi connectivity index (χ2n) is 6.62.